The number of hydrogen-bond acceptors (Lipinski definition) is 4. The van der Waals surface area contributed by atoms with Crippen molar-refractivity contribution in [3.05, 3.63) is 45.9 Å². The number of nitrogens with zero attached hydrogens (tertiary/aromatic N) is 4. The molecule has 0 saturated carbocycles. The molecule has 0 radical (unpaired) electrons. The molecule has 0 atom stereocenters. The number of anilines is 1. The molecular formula is C19H24F3N5S. The largest absolute Gasteiger partial charge is 0.416 e. The molecule has 1 aliphatic heterocycles. The number of hydrogen-bond donors (Lipinski definition) is 1. The predicted molar refractivity (Wildman–Crippen MR) is 107 cm³/mol. The van der Waals surface area contributed by atoms with E-state index in [0.717, 1.165) is 35.7 Å². The maximum Gasteiger partial charge on any atom is 0.416 e. The van der Waals surface area contributed by atoms with E-state index in [1.54, 1.807) is 24.5 Å². The van der Waals surface area contributed by atoms with Crippen molar-refractivity contribution in [3.8, 4) is 0 Å². The molecule has 2 aromatic rings. The summed E-state index contributed by atoms with van der Waals surface area (Å²) >= 11 is 1.64. The number of aromatic nitrogens is 1. The van der Waals surface area contributed by atoms with Gasteiger partial charge in [0.15, 0.2) is 5.96 Å². The molecule has 1 aromatic heterocycles. The molecular weight excluding hydrogens is 387 g/mol. The summed E-state index contributed by atoms with van der Waals surface area (Å²) in [5.74, 6) is 0.815. The number of halogens is 3. The van der Waals surface area contributed by atoms with E-state index in [1.807, 2.05) is 11.8 Å². The number of guanidine groups is 1. The number of aryl methyl sites for hydroxylation is 1. The third-order valence-electron chi connectivity index (χ3n) is 4.66. The normalized spacial score (nSPS) is 15.8. The molecule has 0 spiro atoms. The summed E-state index contributed by atoms with van der Waals surface area (Å²) in [6.45, 7) is 5.42. The highest BCUT2D eigenvalue weighted by molar-refractivity contribution is 7.09. The van der Waals surface area contributed by atoms with Crippen LogP contribution < -0.4 is 10.2 Å². The summed E-state index contributed by atoms with van der Waals surface area (Å²) in [7, 11) is 1.74. The first kappa shape index (κ1) is 20.4. The molecule has 1 aliphatic rings. The number of benzene rings is 1. The maximum absolute atomic E-state index is 12.9. The van der Waals surface area contributed by atoms with E-state index in [-0.39, 0.29) is 0 Å². The van der Waals surface area contributed by atoms with Crippen LogP contribution in [0.4, 0.5) is 18.9 Å². The maximum atomic E-state index is 12.9. The lowest BCUT2D eigenvalue weighted by molar-refractivity contribution is -0.137. The van der Waals surface area contributed by atoms with Gasteiger partial charge < -0.3 is 15.1 Å². The molecule has 1 aromatic carbocycles. The molecule has 0 aliphatic carbocycles. The summed E-state index contributed by atoms with van der Waals surface area (Å²) in [6, 6.07) is 5.52. The van der Waals surface area contributed by atoms with Gasteiger partial charge in [0, 0.05) is 57.3 Å². The number of nitrogens with one attached hydrogen (secondary N) is 1. The Labute approximate surface area is 166 Å². The van der Waals surface area contributed by atoms with Crippen LogP contribution in [0.2, 0.25) is 0 Å². The van der Waals surface area contributed by atoms with Gasteiger partial charge in [-0.1, -0.05) is 6.07 Å². The highest BCUT2D eigenvalue weighted by Crippen LogP contribution is 2.31. The van der Waals surface area contributed by atoms with E-state index >= 15 is 0 Å². The van der Waals surface area contributed by atoms with Gasteiger partial charge >= 0.3 is 6.18 Å². The second-order valence-corrected chi connectivity index (χ2v) is 7.67. The third-order valence-corrected chi connectivity index (χ3v) is 5.48. The number of aliphatic imine (C=N–C) groups is 1. The number of rotatable bonds is 4. The zero-order valence-corrected chi connectivity index (χ0v) is 16.8. The van der Waals surface area contributed by atoms with Gasteiger partial charge in [0.25, 0.3) is 0 Å². The number of thiazole rings is 1. The molecule has 28 heavy (non-hydrogen) atoms. The highest BCUT2D eigenvalue weighted by atomic mass is 32.1. The van der Waals surface area contributed by atoms with Crippen LogP contribution in [-0.4, -0.2) is 55.6 Å². The fraction of sp³-hybridized carbons (Fsp3) is 0.474. The van der Waals surface area contributed by atoms with Crippen molar-refractivity contribution in [1.29, 1.82) is 0 Å². The summed E-state index contributed by atoms with van der Waals surface area (Å²) < 4.78 is 38.8. The highest BCUT2D eigenvalue weighted by Gasteiger charge is 2.31. The standard InChI is InChI=1S/C19H24F3N5S/c1-14-25-16(13-28-14)6-7-24-18(23-2)27-10-8-26(9-11-27)17-5-3-4-15(12-17)19(20,21)22/h3-5,12-13H,6-11H2,1-2H3,(H,23,24). The van der Waals surface area contributed by atoms with Crippen molar-refractivity contribution >= 4 is 23.0 Å². The van der Waals surface area contributed by atoms with Crippen LogP contribution >= 0.6 is 11.3 Å². The Morgan fingerprint density at radius 2 is 2.00 bits per heavy atom. The van der Waals surface area contributed by atoms with Crippen LogP contribution in [-0.2, 0) is 12.6 Å². The Balaban J connectivity index is 1.52. The number of alkyl halides is 3. The summed E-state index contributed by atoms with van der Waals surface area (Å²) in [4.78, 5) is 12.9. The molecule has 3 rings (SSSR count). The predicted octanol–water partition coefficient (Wildman–Crippen LogP) is 3.41. The fourth-order valence-corrected chi connectivity index (χ4v) is 3.86. The number of piperazine rings is 1. The monoisotopic (exact) mass is 411 g/mol. The Bertz CT molecular complexity index is 810. The average Bonchev–Trinajstić information content (AvgIpc) is 3.10. The lowest BCUT2D eigenvalue weighted by atomic mass is 10.1. The van der Waals surface area contributed by atoms with Crippen molar-refractivity contribution in [2.24, 2.45) is 4.99 Å². The van der Waals surface area contributed by atoms with E-state index < -0.39 is 11.7 Å². The van der Waals surface area contributed by atoms with Gasteiger partial charge in [-0.05, 0) is 25.1 Å². The van der Waals surface area contributed by atoms with E-state index in [9.17, 15) is 13.2 Å². The summed E-state index contributed by atoms with van der Waals surface area (Å²) in [5, 5.41) is 6.48. The van der Waals surface area contributed by atoms with Crippen LogP contribution in [0.25, 0.3) is 0 Å². The Kier molecular flexibility index (Phi) is 6.43. The van der Waals surface area contributed by atoms with Crippen LogP contribution in [0.3, 0.4) is 0 Å². The Hall–Kier alpha value is -2.29. The zero-order valence-electron chi connectivity index (χ0n) is 16.0. The van der Waals surface area contributed by atoms with Gasteiger partial charge in [-0.2, -0.15) is 13.2 Å². The quantitative estimate of drug-likeness (QED) is 0.619. The van der Waals surface area contributed by atoms with E-state index in [0.29, 0.717) is 31.9 Å². The topological polar surface area (TPSA) is 43.8 Å². The van der Waals surface area contributed by atoms with Crippen molar-refractivity contribution < 1.29 is 13.2 Å². The molecule has 0 unspecified atom stereocenters. The second-order valence-electron chi connectivity index (χ2n) is 6.60. The summed E-state index contributed by atoms with van der Waals surface area (Å²) in [6.07, 6.45) is -3.49. The lowest BCUT2D eigenvalue weighted by Gasteiger charge is -2.37. The van der Waals surface area contributed by atoms with Gasteiger partial charge in [-0.15, -0.1) is 11.3 Å². The molecule has 1 N–H and O–H groups in total. The van der Waals surface area contributed by atoms with Gasteiger partial charge in [0.2, 0.25) is 0 Å². The van der Waals surface area contributed by atoms with E-state index in [4.69, 9.17) is 0 Å². The third kappa shape index (κ3) is 5.15. The van der Waals surface area contributed by atoms with Crippen LogP contribution in [0, 0.1) is 6.92 Å². The van der Waals surface area contributed by atoms with Gasteiger partial charge in [0.05, 0.1) is 16.3 Å². The fourth-order valence-electron chi connectivity index (χ4n) is 3.21. The van der Waals surface area contributed by atoms with Crippen molar-refractivity contribution in [2.75, 3.05) is 44.7 Å². The minimum Gasteiger partial charge on any atom is -0.368 e. The Morgan fingerprint density at radius 1 is 1.25 bits per heavy atom. The average molecular weight is 411 g/mol. The zero-order chi connectivity index (χ0) is 20.1. The van der Waals surface area contributed by atoms with Crippen LogP contribution in [0.15, 0.2) is 34.6 Å². The van der Waals surface area contributed by atoms with Crippen LogP contribution in [0.5, 0.6) is 0 Å². The first-order valence-corrected chi connectivity index (χ1v) is 10.0. The van der Waals surface area contributed by atoms with E-state index in [1.165, 1.54) is 12.1 Å². The molecule has 0 bridgehead atoms. The van der Waals surface area contributed by atoms with Gasteiger partial charge in [-0.3, -0.25) is 4.99 Å². The molecule has 1 fully saturated rings. The molecule has 9 heteroatoms. The summed E-state index contributed by atoms with van der Waals surface area (Å²) in [5.41, 5.74) is 1.07. The minimum absolute atomic E-state index is 0.608. The first-order chi connectivity index (χ1) is 13.4. The minimum atomic E-state index is -4.32. The van der Waals surface area contributed by atoms with Gasteiger partial charge in [-0.25, -0.2) is 4.98 Å². The lowest BCUT2D eigenvalue weighted by Crippen LogP contribution is -2.52. The molecule has 152 valence electrons. The molecule has 2 heterocycles. The van der Waals surface area contributed by atoms with Crippen molar-refractivity contribution in [2.45, 2.75) is 19.5 Å². The smallest absolute Gasteiger partial charge is 0.368 e. The molecule has 0 amide bonds. The second kappa shape index (κ2) is 8.81. The van der Waals surface area contributed by atoms with Crippen molar-refractivity contribution in [3.63, 3.8) is 0 Å². The SMILES string of the molecule is CN=C(NCCc1csc(C)n1)N1CCN(c2cccc(C(F)(F)F)c2)CC1. The van der Waals surface area contributed by atoms with Crippen LogP contribution in [0.1, 0.15) is 16.3 Å². The van der Waals surface area contributed by atoms with Gasteiger partial charge in [0.1, 0.15) is 0 Å². The molecule has 5 nitrogen and oxygen atoms in total. The molecule has 1 saturated heterocycles. The Morgan fingerprint density at radius 3 is 2.61 bits per heavy atom. The van der Waals surface area contributed by atoms with E-state index in [2.05, 4.69) is 25.6 Å². The first-order valence-electron chi connectivity index (χ1n) is 9.15. The van der Waals surface area contributed by atoms with Crippen molar-refractivity contribution in [1.82, 2.24) is 15.2 Å².